The fourth-order valence-corrected chi connectivity index (χ4v) is 4.35. The van der Waals surface area contributed by atoms with Crippen LogP contribution in [-0.4, -0.2) is 66.4 Å². The predicted octanol–water partition coefficient (Wildman–Crippen LogP) is 2.02. The van der Waals surface area contributed by atoms with Gasteiger partial charge in [-0.2, -0.15) is 4.68 Å². The van der Waals surface area contributed by atoms with Crippen molar-refractivity contribution in [1.29, 1.82) is 0 Å². The number of amides is 1. The van der Waals surface area contributed by atoms with Crippen LogP contribution in [0.25, 0.3) is 16.9 Å². The minimum atomic E-state index is -0.364. The van der Waals surface area contributed by atoms with Gasteiger partial charge < -0.3 is 4.90 Å². The van der Waals surface area contributed by atoms with Crippen LogP contribution in [0.2, 0.25) is 0 Å². The quantitative estimate of drug-likeness (QED) is 0.456. The zero-order valence-electron chi connectivity index (χ0n) is 19.2. The molecule has 0 N–H and O–H groups in total. The Morgan fingerprint density at radius 2 is 1.76 bits per heavy atom. The molecule has 0 spiro atoms. The molecule has 0 radical (unpaired) electrons. The minimum Gasteiger partial charge on any atom is -0.340 e. The summed E-state index contributed by atoms with van der Waals surface area (Å²) in [4.78, 5) is 34.6. The first-order valence-corrected chi connectivity index (χ1v) is 11.5. The highest BCUT2D eigenvalue weighted by Crippen LogP contribution is 2.14. The Kier molecular flexibility index (Phi) is 6.18. The van der Waals surface area contributed by atoms with Crippen molar-refractivity contribution in [2.24, 2.45) is 0 Å². The Hall–Kier alpha value is -3.85. The summed E-state index contributed by atoms with van der Waals surface area (Å²) in [6.45, 7) is 6.01. The third kappa shape index (κ3) is 4.47. The van der Waals surface area contributed by atoms with Gasteiger partial charge in [0.1, 0.15) is 12.9 Å². The topological polar surface area (TPSA) is 89.2 Å². The van der Waals surface area contributed by atoms with Crippen molar-refractivity contribution in [1.82, 2.24) is 34.3 Å². The Labute approximate surface area is 197 Å². The molecule has 2 aromatic heterocycles. The van der Waals surface area contributed by atoms with Gasteiger partial charge in [0.15, 0.2) is 11.2 Å². The summed E-state index contributed by atoms with van der Waals surface area (Å²) in [6.07, 6.45) is 2.31. The van der Waals surface area contributed by atoms with Crippen LogP contribution in [-0.2, 0) is 17.9 Å². The van der Waals surface area contributed by atoms with E-state index in [4.69, 9.17) is 0 Å². The highest BCUT2D eigenvalue weighted by atomic mass is 16.2. The molecule has 0 aliphatic carbocycles. The van der Waals surface area contributed by atoms with Crippen LogP contribution in [0.3, 0.4) is 0 Å². The lowest BCUT2D eigenvalue weighted by Crippen LogP contribution is -2.39. The van der Waals surface area contributed by atoms with E-state index in [2.05, 4.69) is 51.4 Å². The van der Waals surface area contributed by atoms with E-state index in [0.29, 0.717) is 18.7 Å². The van der Waals surface area contributed by atoms with Crippen molar-refractivity contribution in [3.05, 3.63) is 82.4 Å². The Morgan fingerprint density at radius 1 is 0.971 bits per heavy atom. The Balaban J connectivity index is 1.27. The van der Waals surface area contributed by atoms with Crippen molar-refractivity contribution < 1.29 is 4.79 Å². The smallest absolute Gasteiger partial charge is 0.284 e. The summed E-state index contributed by atoms with van der Waals surface area (Å²) in [5.74, 6) is -0.0866. The summed E-state index contributed by atoms with van der Waals surface area (Å²) < 4.78 is 2.85. The van der Waals surface area contributed by atoms with E-state index < -0.39 is 0 Å². The van der Waals surface area contributed by atoms with Crippen LogP contribution in [0.4, 0.5) is 0 Å². The summed E-state index contributed by atoms with van der Waals surface area (Å²) in [5, 5.41) is 8.12. The van der Waals surface area contributed by atoms with Crippen LogP contribution in [0.15, 0.2) is 65.7 Å². The van der Waals surface area contributed by atoms with Gasteiger partial charge in [-0.15, -0.1) is 5.10 Å². The molecule has 5 rings (SSSR count). The van der Waals surface area contributed by atoms with E-state index in [-0.39, 0.29) is 23.5 Å². The summed E-state index contributed by atoms with van der Waals surface area (Å²) in [5.41, 5.74) is 3.53. The predicted molar refractivity (Wildman–Crippen MR) is 129 cm³/mol. The highest BCUT2D eigenvalue weighted by Gasteiger charge is 2.21. The van der Waals surface area contributed by atoms with Gasteiger partial charge in [0.25, 0.3) is 5.56 Å². The standard InChI is InChI=1S/C25H27N7O2/c1-19-8-5-6-9-20(19)16-29-12-7-13-30(15-14-29)22(33)17-31-18-26-24-23(25(31)34)27-28-32(24)21-10-3-2-4-11-21/h2-6,8-11,18H,7,12-17H2,1H3. The molecule has 1 aliphatic heterocycles. The molecular weight excluding hydrogens is 430 g/mol. The van der Waals surface area contributed by atoms with Gasteiger partial charge in [0, 0.05) is 32.7 Å². The SMILES string of the molecule is Cc1ccccc1CN1CCCN(C(=O)Cn2cnc3c(nnn3-c3ccccc3)c2=O)CC1. The largest absolute Gasteiger partial charge is 0.340 e. The van der Waals surface area contributed by atoms with Gasteiger partial charge in [0.05, 0.1) is 5.69 Å². The molecule has 4 aromatic rings. The number of carbonyl (C=O) groups excluding carboxylic acids is 1. The second-order valence-electron chi connectivity index (χ2n) is 8.62. The number of para-hydroxylation sites is 1. The number of benzene rings is 2. The highest BCUT2D eigenvalue weighted by molar-refractivity contribution is 5.77. The minimum absolute atomic E-state index is 0.0578. The second-order valence-corrected chi connectivity index (χ2v) is 8.62. The molecule has 1 aliphatic rings. The zero-order valence-corrected chi connectivity index (χ0v) is 19.2. The monoisotopic (exact) mass is 457 g/mol. The molecule has 2 aromatic carbocycles. The van der Waals surface area contributed by atoms with Gasteiger partial charge in [-0.05, 0) is 36.6 Å². The molecule has 0 saturated carbocycles. The summed E-state index contributed by atoms with van der Waals surface area (Å²) >= 11 is 0. The molecular formula is C25H27N7O2. The number of nitrogens with zero attached hydrogens (tertiary/aromatic N) is 7. The summed E-state index contributed by atoms with van der Waals surface area (Å²) in [7, 11) is 0. The fourth-order valence-electron chi connectivity index (χ4n) is 4.35. The first-order chi connectivity index (χ1) is 16.6. The molecule has 0 unspecified atom stereocenters. The second kappa shape index (κ2) is 9.56. The number of rotatable bonds is 5. The number of aromatic nitrogens is 5. The van der Waals surface area contributed by atoms with Crippen molar-refractivity contribution >= 4 is 17.1 Å². The number of aryl methyl sites for hydroxylation is 1. The van der Waals surface area contributed by atoms with Gasteiger partial charge in [0.2, 0.25) is 5.91 Å². The molecule has 1 amide bonds. The van der Waals surface area contributed by atoms with Crippen LogP contribution in [0, 0.1) is 6.92 Å². The molecule has 0 bridgehead atoms. The first kappa shape index (κ1) is 22.0. The lowest BCUT2D eigenvalue weighted by atomic mass is 10.1. The maximum atomic E-state index is 13.0. The zero-order chi connectivity index (χ0) is 23.5. The number of hydrogen-bond donors (Lipinski definition) is 0. The maximum absolute atomic E-state index is 13.0. The lowest BCUT2D eigenvalue weighted by molar-refractivity contribution is -0.131. The van der Waals surface area contributed by atoms with E-state index in [1.807, 2.05) is 35.2 Å². The molecule has 9 nitrogen and oxygen atoms in total. The van der Waals surface area contributed by atoms with E-state index in [0.717, 1.165) is 31.7 Å². The molecule has 174 valence electrons. The van der Waals surface area contributed by atoms with Gasteiger partial charge in [-0.3, -0.25) is 19.1 Å². The van der Waals surface area contributed by atoms with E-state index in [1.54, 1.807) is 0 Å². The van der Waals surface area contributed by atoms with Crippen molar-refractivity contribution in [3.63, 3.8) is 0 Å². The summed E-state index contributed by atoms with van der Waals surface area (Å²) in [6, 6.07) is 17.8. The fraction of sp³-hybridized carbons (Fsp3) is 0.320. The van der Waals surface area contributed by atoms with Crippen LogP contribution >= 0.6 is 0 Å². The van der Waals surface area contributed by atoms with Crippen molar-refractivity contribution in [2.45, 2.75) is 26.4 Å². The van der Waals surface area contributed by atoms with E-state index in [9.17, 15) is 9.59 Å². The Bertz CT molecular complexity index is 1360. The van der Waals surface area contributed by atoms with Crippen LogP contribution in [0.5, 0.6) is 0 Å². The average Bonchev–Trinajstić information content (AvgIpc) is 3.15. The normalized spacial score (nSPS) is 14.9. The van der Waals surface area contributed by atoms with Gasteiger partial charge in [-0.1, -0.05) is 47.7 Å². The van der Waals surface area contributed by atoms with Crippen molar-refractivity contribution in [3.8, 4) is 5.69 Å². The molecule has 1 saturated heterocycles. The number of hydrogen-bond acceptors (Lipinski definition) is 6. The molecule has 0 atom stereocenters. The third-order valence-electron chi connectivity index (χ3n) is 6.33. The van der Waals surface area contributed by atoms with Crippen LogP contribution < -0.4 is 5.56 Å². The van der Waals surface area contributed by atoms with Gasteiger partial charge >= 0.3 is 0 Å². The third-order valence-corrected chi connectivity index (χ3v) is 6.33. The first-order valence-electron chi connectivity index (χ1n) is 11.5. The molecule has 1 fully saturated rings. The Morgan fingerprint density at radius 3 is 2.59 bits per heavy atom. The van der Waals surface area contributed by atoms with Gasteiger partial charge in [-0.25, -0.2) is 4.98 Å². The average molecular weight is 458 g/mol. The number of carbonyl (C=O) groups is 1. The maximum Gasteiger partial charge on any atom is 0.284 e. The number of fused-ring (bicyclic) bond motifs is 1. The van der Waals surface area contributed by atoms with E-state index in [1.165, 1.54) is 26.7 Å². The lowest BCUT2D eigenvalue weighted by Gasteiger charge is -2.23. The molecule has 9 heteroatoms. The van der Waals surface area contributed by atoms with E-state index >= 15 is 0 Å². The molecule has 34 heavy (non-hydrogen) atoms. The molecule has 3 heterocycles. The van der Waals surface area contributed by atoms with Crippen molar-refractivity contribution in [2.75, 3.05) is 26.2 Å². The van der Waals surface area contributed by atoms with Crippen LogP contribution in [0.1, 0.15) is 17.5 Å².